The van der Waals surface area contributed by atoms with E-state index in [0.717, 1.165) is 34.3 Å². The van der Waals surface area contributed by atoms with E-state index in [4.69, 9.17) is 9.97 Å². The molecule has 4 rings (SSSR count). The molecule has 0 bridgehead atoms. The molecule has 190 valence electrons. The van der Waals surface area contributed by atoms with Crippen molar-refractivity contribution in [1.29, 1.82) is 0 Å². The van der Waals surface area contributed by atoms with Crippen LogP contribution < -0.4 is 10.2 Å². The Labute approximate surface area is 223 Å². The van der Waals surface area contributed by atoms with Crippen LogP contribution in [0.15, 0.2) is 90.3 Å². The van der Waals surface area contributed by atoms with Crippen LogP contribution in [0, 0.1) is 0 Å². The number of nitrogens with zero attached hydrogens (tertiary/aromatic N) is 4. The lowest BCUT2D eigenvalue weighted by Gasteiger charge is -2.23. The molecule has 0 atom stereocenters. The molecule has 1 amide bonds. The minimum absolute atomic E-state index is 0.104. The first-order chi connectivity index (χ1) is 17.8. The Morgan fingerprint density at radius 3 is 2.41 bits per heavy atom. The van der Waals surface area contributed by atoms with Crippen molar-refractivity contribution in [1.82, 2.24) is 20.3 Å². The number of hydrogen-bond donors (Lipinski definition) is 1. The maximum atomic E-state index is 12.7. The van der Waals surface area contributed by atoms with Gasteiger partial charge in [0.15, 0.2) is 5.16 Å². The van der Waals surface area contributed by atoms with Gasteiger partial charge in [-0.1, -0.05) is 81.1 Å². The van der Waals surface area contributed by atoms with Gasteiger partial charge in [0.05, 0.1) is 5.69 Å². The zero-order valence-corrected chi connectivity index (χ0v) is 22.6. The third-order valence-electron chi connectivity index (χ3n) is 5.85. The van der Waals surface area contributed by atoms with Crippen molar-refractivity contribution in [2.24, 2.45) is 0 Å². The molecule has 4 aromatic rings. The van der Waals surface area contributed by atoms with Crippen LogP contribution in [-0.2, 0) is 24.3 Å². The molecule has 0 saturated heterocycles. The second-order valence-electron chi connectivity index (χ2n) is 10.0. The van der Waals surface area contributed by atoms with Crippen molar-refractivity contribution in [2.75, 3.05) is 11.9 Å². The first kappa shape index (κ1) is 26.4. The summed E-state index contributed by atoms with van der Waals surface area (Å²) in [5.41, 5.74) is 4.77. The second kappa shape index (κ2) is 12.0. The molecule has 37 heavy (non-hydrogen) atoms. The predicted molar refractivity (Wildman–Crippen MR) is 151 cm³/mol. The molecule has 0 spiro atoms. The van der Waals surface area contributed by atoms with Gasteiger partial charge in [-0.05, 0) is 34.9 Å². The highest BCUT2D eigenvalue weighted by molar-refractivity contribution is 7.98. The van der Waals surface area contributed by atoms with Crippen LogP contribution in [-0.4, -0.2) is 27.9 Å². The number of hydrogen-bond acceptors (Lipinski definition) is 6. The number of thioether (sulfide) groups is 1. The minimum Gasteiger partial charge on any atom is -0.355 e. The lowest BCUT2D eigenvalue weighted by atomic mass is 9.92. The Hall–Kier alpha value is -3.71. The van der Waals surface area contributed by atoms with Gasteiger partial charge in [0.1, 0.15) is 5.82 Å². The number of aromatic nitrogens is 3. The quantitative estimate of drug-likeness (QED) is 0.219. The second-order valence-corrected chi connectivity index (χ2v) is 11.0. The summed E-state index contributed by atoms with van der Waals surface area (Å²) in [5, 5.41) is 3.69. The first-order valence-corrected chi connectivity index (χ1v) is 13.3. The molecule has 0 radical (unpaired) electrons. The van der Waals surface area contributed by atoms with Gasteiger partial charge in [-0.2, -0.15) is 0 Å². The summed E-state index contributed by atoms with van der Waals surface area (Å²) in [6.45, 7) is 7.70. The van der Waals surface area contributed by atoms with Crippen molar-refractivity contribution >= 4 is 23.5 Å². The average Bonchev–Trinajstić information content (AvgIpc) is 2.91. The summed E-state index contributed by atoms with van der Waals surface area (Å²) in [6, 6.07) is 24.0. The third-order valence-corrected chi connectivity index (χ3v) is 6.77. The molecule has 2 heterocycles. The van der Waals surface area contributed by atoms with Gasteiger partial charge >= 0.3 is 0 Å². The van der Waals surface area contributed by atoms with Gasteiger partial charge in [-0.3, -0.25) is 9.78 Å². The van der Waals surface area contributed by atoms with E-state index in [1.807, 2.05) is 42.5 Å². The van der Waals surface area contributed by atoms with Gasteiger partial charge in [-0.25, -0.2) is 9.97 Å². The number of pyridine rings is 1. The van der Waals surface area contributed by atoms with Gasteiger partial charge in [0, 0.05) is 55.3 Å². The number of rotatable bonds is 9. The average molecular weight is 512 g/mol. The number of carbonyl (C=O) groups excluding carboxylic acids is 1. The van der Waals surface area contributed by atoms with E-state index in [1.165, 1.54) is 5.56 Å². The number of anilines is 1. The van der Waals surface area contributed by atoms with Gasteiger partial charge in [0.2, 0.25) is 0 Å². The summed E-state index contributed by atoms with van der Waals surface area (Å²) < 4.78 is 0. The van der Waals surface area contributed by atoms with Crippen LogP contribution in [0.3, 0.4) is 0 Å². The summed E-state index contributed by atoms with van der Waals surface area (Å²) in [6.07, 6.45) is 3.47. The van der Waals surface area contributed by atoms with Gasteiger partial charge < -0.3 is 10.2 Å². The van der Waals surface area contributed by atoms with E-state index in [1.54, 1.807) is 24.2 Å². The van der Waals surface area contributed by atoms with Crippen molar-refractivity contribution in [2.45, 2.75) is 50.2 Å². The molecule has 0 unspecified atom stereocenters. The fourth-order valence-corrected chi connectivity index (χ4v) is 4.53. The van der Waals surface area contributed by atoms with E-state index in [9.17, 15) is 4.79 Å². The number of benzene rings is 2. The molecule has 0 aliphatic heterocycles. The third kappa shape index (κ3) is 7.64. The van der Waals surface area contributed by atoms with Crippen LogP contribution >= 0.6 is 11.8 Å². The monoisotopic (exact) mass is 511 g/mol. The highest BCUT2D eigenvalue weighted by Crippen LogP contribution is 2.28. The molecule has 6 nitrogen and oxygen atoms in total. The molecular formula is C30H33N5OS. The zero-order valence-electron chi connectivity index (χ0n) is 21.8. The standard InChI is InChI=1S/C30H33N5OS/c1-30(2,3)26-17-27(35(4)20-22-10-6-5-7-11-22)34-29(33-26)37-21-23-12-8-14-25(16-23)28(36)32-19-24-13-9-15-31-18-24/h5-18H,19-21H2,1-4H3,(H,32,36). The fourth-order valence-electron chi connectivity index (χ4n) is 3.73. The number of carbonyl (C=O) groups is 1. The van der Waals surface area contributed by atoms with Crippen LogP contribution in [0.4, 0.5) is 5.82 Å². The molecule has 7 heteroatoms. The molecule has 0 saturated carbocycles. The normalized spacial score (nSPS) is 11.2. The van der Waals surface area contributed by atoms with Crippen molar-refractivity contribution in [3.05, 3.63) is 113 Å². The number of amides is 1. The summed E-state index contributed by atoms with van der Waals surface area (Å²) in [4.78, 5) is 28.7. The first-order valence-electron chi connectivity index (χ1n) is 12.3. The molecule has 2 aromatic carbocycles. The van der Waals surface area contributed by atoms with E-state index in [0.29, 0.717) is 17.9 Å². The maximum absolute atomic E-state index is 12.7. The van der Waals surface area contributed by atoms with E-state index in [2.05, 4.69) is 73.4 Å². The Kier molecular flexibility index (Phi) is 8.56. The molecule has 1 N–H and O–H groups in total. The molecular weight excluding hydrogens is 478 g/mol. The predicted octanol–water partition coefficient (Wildman–Crippen LogP) is 6.03. The highest BCUT2D eigenvalue weighted by atomic mass is 32.2. The number of nitrogens with one attached hydrogen (secondary N) is 1. The Morgan fingerprint density at radius 2 is 1.68 bits per heavy atom. The van der Waals surface area contributed by atoms with Gasteiger partial charge in [-0.15, -0.1) is 0 Å². The molecule has 0 aliphatic carbocycles. The van der Waals surface area contributed by atoms with Crippen molar-refractivity contribution in [3.8, 4) is 0 Å². The topological polar surface area (TPSA) is 71.0 Å². The highest BCUT2D eigenvalue weighted by Gasteiger charge is 2.20. The van der Waals surface area contributed by atoms with Crippen LogP contribution in [0.2, 0.25) is 0 Å². The van der Waals surface area contributed by atoms with E-state index >= 15 is 0 Å². The minimum atomic E-state index is -0.105. The van der Waals surface area contributed by atoms with E-state index < -0.39 is 0 Å². The lowest BCUT2D eigenvalue weighted by Crippen LogP contribution is -2.22. The summed E-state index contributed by atoms with van der Waals surface area (Å²) in [7, 11) is 2.06. The van der Waals surface area contributed by atoms with Gasteiger partial charge in [0.25, 0.3) is 5.91 Å². The SMILES string of the molecule is CN(Cc1ccccc1)c1cc(C(C)(C)C)nc(SCc2cccc(C(=O)NCc3cccnc3)c2)n1. The zero-order chi connectivity index (χ0) is 26.3. The molecule has 0 fully saturated rings. The molecule has 0 aliphatic rings. The van der Waals surface area contributed by atoms with Crippen LogP contribution in [0.5, 0.6) is 0 Å². The van der Waals surface area contributed by atoms with E-state index in [-0.39, 0.29) is 11.3 Å². The van der Waals surface area contributed by atoms with Crippen LogP contribution in [0.1, 0.15) is 53.5 Å². The maximum Gasteiger partial charge on any atom is 0.251 e. The Bertz CT molecular complexity index is 1320. The Balaban J connectivity index is 1.46. The fraction of sp³-hybridized carbons (Fsp3) is 0.267. The summed E-state index contributed by atoms with van der Waals surface area (Å²) >= 11 is 1.58. The molecule has 2 aromatic heterocycles. The summed E-state index contributed by atoms with van der Waals surface area (Å²) in [5.74, 6) is 1.46. The smallest absolute Gasteiger partial charge is 0.251 e. The van der Waals surface area contributed by atoms with Crippen molar-refractivity contribution in [3.63, 3.8) is 0 Å². The largest absolute Gasteiger partial charge is 0.355 e. The van der Waals surface area contributed by atoms with Crippen LogP contribution in [0.25, 0.3) is 0 Å². The Morgan fingerprint density at radius 1 is 0.919 bits per heavy atom. The van der Waals surface area contributed by atoms with Crippen molar-refractivity contribution < 1.29 is 4.79 Å². The lowest BCUT2D eigenvalue weighted by molar-refractivity contribution is 0.0951.